The van der Waals surface area contributed by atoms with Crippen LogP contribution in [0.5, 0.6) is 0 Å². The molecular weight excluding hydrogens is 174 g/mol. The third kappa shape index (κ3) is 2.20. The number of sulfonamides is 1. The van der Waals surface area contributed by atoms with E-state index >= 15 is 0 Å². The molecular formula is C8H17NO2S. The van der Waals surface area contributed by atoms with Gasteiger partial charge in [0.05, 0.1) is 6.26 Å². The van der Waals surface area contributed by atoms with Crippen molar-refractivity contribution in [2.24, 2.45) is 11.8 Å². The topological polar surface area (TPSA) is 37.4 Å². The molecule has 1 aliphatic rings. The van der Waals surface area contributed by atoms with Gasteiger partial charge in [0, 0.05) is 13.1 Å². The Morgan fingerprint density at radius 3 is 2.25 bits per heavy atom. The number of nitrogens with zero attached hydrogens (tertiary/aromatic N) is 1. The molecule has 1 heterocycles. The maximum atomic E-state index is 11.2. The molecule has 0 spiro atoms. The minimum absolute atomic E-state index is 0.494. The van der Waals surface area contributed by atoms with Gasteiger partial charge in [-0.1, -0.05) is 13.8 Å². The van der Waals surface area contributed by atoms with Crippen LogP contribution < -0.4 is 0 Å². The maximum absolute atomic E-state index is 11.2. The van der Waals surface area contributed by atoms with Crippen LogP contribution in [0.1, 0.15) is 20.3 Å². The summed E-state index contributed by atoms with van der Waals surface area (Å²) < 4.78 is 23.9. The second-order valence-electron chi connectivity index (χ2n) is 3.86. The molecule has 1 aliphatic heterocycles. The van der Waals surface area contributed by atoms with Crippen LogP contribution in [0.15, 0.2) is 0 Å². The summed E-state index contributed by atoms with van der Waals surface area (Å²) in [7, 11) is -2.95. The van der Waals surface area contributed by atoms with E-state index in [1.165, 1.54) is 6.26 Å². The Kier molecular flexibility index (Phi) is 2.78. The lowest BCUT2D eigenvalue weighted by Crippen LogP contribution is -2.41. The second kappa shape index (κ2) is 3.34. The first-order valence-corrected chi connectivity index (χ1v) is 6.21. The standard InChI is InChI=1S/C8H17NO2S/c1-7-4-5-9(6-8(7)2)12(3,10)11/h7-8H,4-6H2,1-3H3/t7-,8+/m0/s1. The van der Waals surface area contributed by atoms with Crippen molar-refractivity contribution in [2.45, 2.75) is 20.3 Å². The highest BCUT2D eigenvalue weighted by Crippen LogP contribution is 2.23. The fourth-order valence-corrected chi connectivity index (χ4v) is 2.47. The molecule has 0 amide bonds. The number of hydrogen-bond acceptors (Lipinski definition) is 2. The summed E-state index contributed by atoms with van der Waals surface area (Å²) >= 11 is 0. The molecule has 0 saturated carbocycles. The Labute approximate surface area is 74.8 Å². The number of rotatable bonds is 1. The fourth-order valence-electron chi connectivity index (χ4n) is 1.53. The Balaban J connectivity index is 2.64. The van der Waals surface area contributed by atoms with Crippen LogP contribution in [-0.2, 0) is 10.0 Å². The Morgan fingerprint density at radius 1 is 1.25 bits per heavy atom. The van der Waals surface area contributed by atoms with Gasteiger partial charge in [0.2, 0.25) is 10.0 Å². The molecule has 4 heteroatoms. The van der Waals surface area contributed by atoms with Crippen LogP contribution in [0.25, 0.3) is 0 Å². The number of hydrogen-bond donors (Lipinski definition) is 0. The zero-order chi connectivity index (χ0) is 9.35. The molecule has 1 saturated heterocycles. The van der Waals surface area contributed by atoms with Crippen molar-refractivity contribution < 1.29 is 8.42 Å². The van der Waals surface area contributed by atoms with E-state index in [1.54, 1.807) is 4.31 Å². The quantitative estimate of drug-likeness (QED) is 0.618. The average molecular weight is 191 g/mol. The van der Waals surface area contributed by atoms with E-state index in [0.717, 1.165) is 6.42 Å². The third-order valence-electron chi connectivity index (χ3n) is 2.77. The molecule has 72 valence electrons. The van der Waals surface area contributed by atoms with Crippen LogP contribution in [-0.4, -0.2) is 32.1 Å². The Bertz CT molecular complexity index is 248. The third-order valence-corrected chi connectivity index (χ3v) is 4.04. The monoisotopic (exact) mass is 191 g/mol. The molecule has 0 radical (unpaired) electrons. The first-order valence-electron chi connectivity index (χ1n) is 4.36. The Hall–Kier alpha value is -0.0900. The Morgan fingerprint density at radius 2 is 1.83 bits per heavy atom. The van der Waals surface area contributed by atoms with Gasteiger partial charge in [-0.05, 0) is 18.3 Å². The van der Waals surface area contributed by atoms with E-state index < -0.39 is 10.0 Å². The van der Waals surface area contributed by atoms with Crippen LogP contribution in [0, 0.1) is 11.8 Å². The molecule has 1 fully saturated rings. The van der Waals surface area contributed by atoms with Gasteiger partial charge in [-0.25, -0.2) is 12.7 Å². The first kappa shape index (κ1) is 9.99. The molecule has 3 nitrogen and oxygen atoms in total. The summed E-state index contributed by atoms with van der Waals surface area (Å²) in [5, 5.41) is 0. The van der Waals surface area contributed by atoms with Gasteiger partial charge in [0.1, 0.15) is 0 Å². The van der Waals surface area contributed by atoms with Gasteiger partial charge in [0.25, 0.3) is 0 Å². The zero-order valence-electron chi connectivity index (χ0n) is 7.95. The van der Waals surface area contributed by atoms with Gasteiger partial charge < -0.3 is 0 Å². The highest BCUT2D eigenvalue weighted by atomic mass is 32.2. The van der Waals surface area contributed by atoms with E-state index in [1.807, 2.05) is 0 Å². The zero-order valence-corrected chi connectivity index (χ0v) is 8.76. The van der Waals surface area contributed by atoms with Crippen LogP contribution in [0.4, 0.5) is 0 Å². The van der Waals surface area contributed by atoms with Crippen molar-refractivity contribution in [2.75, 3.05) is 19.3 Å². The maximum Gasteiger partial charge on any atom is 0.211 e. The summed E-state index contributed by atoms with van der Waals surface area (Å²) in [5.41, 5.74) is 0. The number of piperidine rings is 1. The summed E-state index contributed by atoms with van der Waals surface area (Å²) in [5.74, 6) is 1.15. The smallest absolute Gasteiger partial charge is 0.211 e. The lowest BCUT2D eigenvalue weighted by Gasteiger charge is -2.33. The highest BCUT2D eigenvalue weighted by molar-refractivity contribution is 7.88. The highest BCUT2D eigenvalue weighted by Gasteiger charge is 2.27. The SMILES string of the molecule is C[C@@H]1CN(S(C)(=O)=O)CC[C@@H]1C. The van der Waals surface area contributed by atoms with Crippen molar-refractivity contribution in [3.63, 3.8) is 0 Å². The van der Waals surface area contributed by atoms with Crippen LogP contribution >= 0.6 is 0 Å². The van der Waals surface area contributed by atoms with Crippen molar-refractivity contribution >= 4 is 10.0 Å². The molecule has 0 aromatic heterocycles. The lowest BCUT2D eigenvalue weighted by atomic mass is 9.90. The van der Waals surface area contributed by atoms with Gasteiger partial charge in [0.15, 0.2) is 0 Å². The van der Waals surface area contributed by atoms with E-state index in [4.69, 9.17) is 0 Å². The molecule has 12 heavy (non-hydrogen) atoms. The first-order chi connectivity index (χ1) is 5.41. The summed E-state index contributed by atoms with van der Waals surface area (Å²) in [4.78, 5) is 0. The molecule has 0 aliphatic carbocycles. The van der Waals surface area contributed by atoms with Gasteiger partial charge >= 0.3 is 0 Å². The van der Waals surface area contributed by atoms with Crippen LogP contribution in [0.3, 0.4) is 0 Å². The average Bonchev–Trinajstić information content (AvgIpc) is 1.92. The van der Waals surface area contributed by atoms with E-state index in [-0.39, 0.29) is 0 Å². The van der Waals surface area contributed by atoms with E-state index in [2.05, 4.69) is 13.8 Å². The molecule has 1 rings (SSSR count). The summed E-state index contributed by atoms with van der Waals surface area (Å²) in [6.07, 6.45) is 2.28. The van der Waals surface area contributed by atoms with Crippen LogP contribution in [0.2, 0.25) is 0 Å². The second-order valence-corrected chi connectivity index (χ2v) is 5.85. The molecule has 2 atom stereocenters. The molecule has 0 N–H and O–H groups in total. The lowest BCUT2D eigenvalue weighted by molar-refractivity contribution is 0.213. The fraction of sp³-hybridized carbons (Fsp3) is 1.00. The molecule has 0 unspecified atom stereocenters. The molecule has 0 aromatic carbocycles. The van der Waals surface area contributed by atoms with E-state index in [0.29, 0.717) is 24.9 Å². The van der Waals surface area contributed by atoms with Crippen molar-refractivity contribution in [1.29, 1.82) is 0 Å². The van der Waals surface area contributed by atoms with Gasteiger partial charge in [-0.3, -0.25) is 0 Å². The summed E-state index contributed by atoms with van der Waals surface area (Å²) in [6.45, 7) is 5.69. The van der Waals surface area contributed by atoms with Gasteiger partial charge in [-0.15, -0.1) is 0 Å². The minimum atomic E-state index is -2.95. The van der Waals surface area contributed by atoms with E-state index in [9.17, 15) is 8.42 Å². The normalized spacial score (nSPS) is 33.6. The molecule has 0 aromatic rings. The molecule has 0 bridgehead atoms. The largest absolute Gasteiger partial charge is 0.213 e. The van der Waals surface area contributed by atoms with Crippen molar-refractivity contribution in [1.82, 2.24) is 4.31 Å². The predicted octanol–water partition coefficient (Wildman–Crippen LogP) is 0.924. The van der Waals surface area contributed by atoms with Crippen molar-refractivity contribution in [3.05, 3.63) is 0 Å². The minimum Gasteiger partial charge on any atom is -0.213 e. The van der Waals surface area contributed by atoms with Crippen molar-refractivity contribution in [3.8, 4) is 0 Å². The van der Waals surface area contributed by atoms with Gasteiger partial charge in [-0.2, -0.15) is 0 Å². The summed E-state index contributed by atoms with van der Waals surface area (Å²) in [6, 6.07) is 0. The predicted molar refractivity (Wildman–Crippen MR) is 49.4 cm³/mol.